The molecular formula is C13H14FN3O. The molecule has 4 nitrogen and oxygen atoms in total. The number of hydrogen-bond donors (Lipinski definition) is 1. The van der Waals surface area contributed by atoms with Crippen molar-refractivity contribution in [2.75, 3.05) is 5.73 Å². The van der Waals surface area contributed by atoms with E-state index in [1.165, 1.54) is 12.1 Å². The molecule has 5 heteroatoms. The molecule has 0 aliphatic carbocycles. The number of halogens is 1. The summed E-state index contributed by atoms with van der Waals surface area (Å²) in [5.41, 5.74) is 6.06. The van der Waals surface area contributed by atoms with Crippen LogP contribution in [0.4, 0.5) is 10.1 Å². The van der Waals surface area contributed by atoms with E-state index in [9.17, 15) is 9.18 Å². The Morgan fingerprint density at radius 3 is 2.94 bits per heavy atom. The number of rotatable bonds is 4. The van der Waals surface area contributed by atoms with Gasteiger partial charge in [0.2, 0.25) is 5.78 Å². The molecule has 0 bridgehead atoms. The minimum absolute atomic E-state index is 0.131. The van der Waals surface area contributed by atoms with Gasteiger partial charge in [-0.15, -0.1) is 0 Å². The van der Waals surface area contributed by atoms with Gasteiger partial charge in [0.05, 0.1) is 0 Å². The molecule has 2 aromatic rings. The first kappa shape index (κ1) is 12.3. The molecule has 0 fully saturated rings. The van der Waals surface area contributed by atoms with E-state index < -0.39 is 5.82 Å². The van der Waals surface area contributed by atoms with Crippen molar-refractivity contribution in [1.82, 2.24) is 9.55 Å². The van der Waals surface area contributed by atoms with Crippen LogP contribution in [0.2, 0.25) is 0 Å². The van der Waals surface area contributed by atoms with Gasteiger partial charge in [0, 0.05) is 30.2 Å². The molecule has 2 rings (SSSR count). The fourth-order valence-corrected chi connectivity index (χ4v) is 1.80. The van der Waals surface area contributed by atoms with Crippen LogP contribution in [0.3, 0.4) is 0 Å². The Morgan fingerprint density at radius 2 is 2.28 bits per heavy atom. The first-order chi connectivity index (χ1) is 8.63. The Hall–Kier alpha value is -2.17. The van der Waals surface area contributed by atoms with Crippen LogP contribution in [-0.4, -0.2) is 15.3 Å². The van der Waals surface area contributed by atoms with Crippen molar-refractivity contribution in [2.24, 2.45) is 0 Å². The SMILES string of the molecule is CCCn1ccnc1C(=O)c1ccc(F)cc1N. The molecule has 1 heterocycles. The highest BCUT2D eigenvalue weighted by molar-refractivity contribution is 6.10. The van der Waals surface area contributed by atoms with E-state index in [1.807, 2.05) is 6.92 Å². The smallest absolute Gasteiger partial charge is 0.230 e. The number of carbonyl (C=O) groups excluding carboxylic acids is 1. The highest BCUT2D eigenvalue weighted by Gasteiger charge is 2.17. The Bertz CT molecular complexity index is 577. The zero-order valence-corrected chi connectivity index (χ0v) is 10.1. The predicted octanol–water partition coefficient (Wildman–Crippen LogP) is 2.25. The average Bonchev–Trinajstić information content (AvgIpc) is 2.77. The third-order valence-corrected chi connectivity index (χ3v) is 2.64. The number of ketones is 1. The number of benzene rings is 1. The van der Waals surface area contributed by atoms with Gasteiger partial charge in [0.15, 0.2) is 5.82 Å². The van der Waals surface area contributed by atoms with Gasteiger partial charge in [-0.2, -0.15) is 0 Å². The molecule has 0 saturated heterocycles. The van der Waals surface area contributed by atoms with E-state index in [1.54, 1.807) is 17.0 Å². The topological polar surface area (TPSA) is 60.9 Å². The second-order valence-corrected chi connectivity index (χ2v) is 4.00. The van der Waals surface area contributed by atoms with Crippen molar-refractivity contribution in [2.45, 2.75) is 19.9 Å². The second kappa shape index (κ2) is 5.00. The second-order valence-electron chi connectivity index (χ2n) is 4.00. The molecule has 0 unspecified atom stereocenters. The number of aromatic nitrogens is 2. The number of imidazole rings is 1. The zero-order valence-electron chi connectivity index (χ0n) is 10.1. The van der Waals surface area contributed by atoms with Crippen LogP contribution in [-0.2, 0) is 6.54 Å². The molecular weight excluding hydrogens is 233 g/mol. The number of anilines is 1. The van der Waals surface area contributed by atoms with Crippen molar-refractivity contribution < 1.29 is 9.18 Å². The van der Waals surface area contributed by atoms with Gasteiger partial charge in [-0.25, -0.2) is 9.37 Å². The monoisotopic (exact) mass is 247 g/mol. The van der Waals surface area contributed by atoms with Gasteiger partial charge in [0.1, 0.15) is 5.82 Å². The third kappa shape index (κ3) is 2.25. The molecule has 0 radical (unpaired) electrons. The van der Waals surface area contributed by atoms with E-state index in [0.717, 1.165) is 12.5 Å². The molecule has 94 valence electrons. The summed E-state index contributed by atoms with van der Waals surface area (Å²) in [6.45, 7) is 2.72. The third-order valence-electron chi connectivity index (χ3n) is 2.64. The van der Waals surface area contributed by atoms with Gasteiger partial charge in [0.25, 0.3) is 0 Å². The summed E-state index contributed by atoms with van der Waals surface area (Å²) >= 11 is 0. The predicted molar refractivity (Wildman–Crippen MR) is 66.8 cm³/mol. The minimum Gasteiger partial charge on any atom is -0.398 e. The largest absolute Gasteiger partial charge is 0.398 e. The summed E-state index contributed by atoms with van der Waals surface area (Å²) in [7, 11) is 0. The van der Waals surface area contributed by atoms with Crippen LogP contribution < -0.4 is 5.73 Å². The first-order valence-corrected chi connectivity index (χ1v) is 5.74. The lowest BCUT2D eigenvalue weighted by molar-refractivity contribution is 0.102. The van der Waals surface area contributed by atoms with Crippen LogP contribution in [0.25, 0.3) is 0 Å². The van der Waals surface area contributed by atoms with E-state index in [0.29, 0.717) is 12.4 Å². The Kier molecular flexibility index (Phi) is 3.41. The van der Waals surface area contributed by atoms with Gasteiger partial charge in [-0.05, 0) is 24.6 Å². The van der Waals surface area contributed by atoms with Gasteiger partial charge < -0.3 is 10.3 Å². The molecule has 1 aromatic carbocycles. The fraction of sp³-hybridized carbons (Fsp3) is 0.231. The lowest BCUT2D eigenvalue weighted by Gasteiger charge is -2.07. The van der Waals surface area contributed by atoms with Crippen molar-refractivity contribution in [3.8, 4) is 0 Å². The van der Waals surface area contributed by atoms with Gasteiger partial charge >= 0.3 is 0 Å². The van der Waals surface area contributed by atoms with Crippen molar-refractivity contribution in [3.05, 3.63) is 47.8 Å². The normalized spacial score (nSPS) is 10.6. The summed E-state index contributed by atoms with van der Waals surface area (Å²) in [4.78, 5) is 16.3. The first-order valence-electron chi connectivity index (χ1n) is 5.74. The number of aryl methyl sites for hydroxylation is 1. The summed E-state index contributed by atoms with van der Waals surface area (Å²) in [6.07, 6.45) is 4.22. The van der Waals surface area contributed by atoms with E-state index in [2.05, 4.69) is 4.98 Å². The van der Waals surface area contributed by atoms with E-state index in [4.69, 9.17) is 5.73 Å². The fourth-order valence-electron chi connectivity index (χ4n) is 1.80. The van der Waals surface area contributed by atoms with Gasteiger partial charge in [-0.1, -0.05) is 6.92 Å². The summed E-state index contributed by atoms with van der Waals surface area (Å²) < 4.78 is 14.7. The maximum atomic E-state index is 12.9. The molecule has 0 aliphatic rings. The molecule has 0 amide bonds. The summed E-state index contributed by atoms with van der Waals surface area (Å²) in [6, 6.07) is 3.75. The molecule has 0 saturated carbocycles. The van der Waals surface area contributed by atoms with Crippen LogP contribution in [0, 0.1) is 5.82 Å². The van der Waals surface area contributed by atoms with Crippen molar-refractivity contribution in [1.29, 1.82) is 0 Å². The van der Waals surface area contributed by atoms with Crippen molar-refractivity contribution in [3.63, 3.8) is 0 Å². The quantitative estimate of drug-likeness (QED) is 0.665. The van der Waals surface area contributed by atoms with Gasteiger partial charge in [-0.3, -0.25) is 4.79 Å². The Balaban J connectivity index is 2.38. The molecule has 0 atom stereocenters. The minimum atomic E-state index is -0.457. The number of nitrogens with zero attached hydrogens (tertiary/aromatic N) is 2. The molecule has 2 N–H and O–H groups in total. The maximum absolute atomic E-state index is 12.9. The maximum Gasteiger partial charge on any atom is 0.230 e. The van der Waals surface area contributed by atoms with E-state index >= 15 is 0 Å². The molecule has 0 aliphatic heterocycles. The van der Waals surface area contributed by atoms with Crippen LogP contribution in [0.15, 0.2) is 30.6 Å². The molecule has 0 spiro atoms. The Morgan fingerprint density at radius 1 is 1.50 bits per heavy atom. The number of nitrogens with two attached hydrogens (primary N) is 1. The Labute approximate surface area is 104 Å². The lowest BCUT2D eigenvalue weighted by atomic mass is 10.1. The lowest BCUT2D eigenvalue weighted by Crippen LogP contribution is -2.13. The van der Waals surface area contributed by atoms with E-state index in [-0.39, 0.29) is 17.0 Å². The van der Waals surface area contributed by atoms with Crippen LogP contribution >= 0.6 is 0 Å². The summed E-state index contributed by atoms with van der Waals surface area (Å²) in [5.74, 6) is -0.415. The van der Waals surface area contributed by atoms with Crippen LogP contribution in [0.5, 0.6) is 0 Å². The molecule has 18 heavy (non-hydrogen) atoms. The highest BCUT2D eigenvalue weighted by atomic mass is 19.1. The zero-order chi connectivity index (χ0) is 13.1. The molecule has 1 aromatic heterocycles. The highest BCUT2D eigenvalue weighted by Crippen LogP contribution is 2.17. The summed E-state index contributed by atoms with van der Waals surface area (Å²) in [5, 5.41) is 0. The number of hydrogen-bond acceptors (Lipinski definition) is 3. The average molecular weight is 247 g/mol. The number of carbonyl (C=O) groups is 1. The number of nitrogen functional groups attached to an aromatic ring is 1. The standard InChI is InChI=1S/C13H14FN3O/c1-2-6-17-7-5-16-13(17)12(18)10-4-3-9(14)8-11(10)15/h3-5,7-8H,2,6,15H2,1H3. The van der Waals surface area contributed by atoms with Crippen LogP contribution in [0.1, 0.15) is 29.5 Å². The van der Waals surface area contributed by atoms with Crippen molar-refractivity contribution >= 4 is 11.5 Å².